The number of carbonyl (C=O) groups is 2. The van der Waals surface area contributed by atoms with Gasteiger partial charge in [-0.1, -0.05) is 29.2 Å². The third-order valence-corrected chi connectivity index (χ3v) is 8.54. The van der Waals surface area contributed by atoms with Crippen LogP contribution >= 0.6 is 23.1 Å². The van der Waals surface area contributed by atoms with Crippen LogP contribution in [0.2, 0.25) is 0 Å². The Morgan fingerprint density at radius 3 is 2.95 bits per heavy atom. The van der Waals surface area contributed by atoms with Crippen LogP contribution in [-0.4, -0.2) is 39.4 Å². The van der Waals surface area contributed by atoms with E-state index in [4.69, 9.17) is 15.2 Å². The van der Waals surface area contributed by atoms with Gasteiger partial charge in [0, 0.05) is 41.8 Å². The fourth-order valence-corrected chi connectivity index (χ4v) is 6.52. The molecule has 13 heteroatoms. The van der Waals surface area contributed by atoms with Gasteiger partial charge in [0.2, 0.25) is 17.8 Å². The second-order valence-electron chi connectivity index (χ2n) is 8.86. The molecule has 3 aromatic rings. The van der Waals surface area contributed by atoms with Crippen molar-refractivity contribution in [3.05, 3.63) is 71.0 Å². The van der Waals surface area contributed by atoms with Gasteiger partial charge in [0.15, 0.2) is 21.6 Å². The molecule has 2 aliphatic heterocycles. The summed E-state index contributed by atoms with van der Waals surface area (Å²) >= 11 is 2.47. The summed E-state index contributed by atoms with van der Waals surface area (Å²) in [6, 6.07) is 11.0. The largest absolute Gasteiger partial charge is 0.454 e. The topological polar surface area (TPSA) is 156 Å². The molecule has 0 bridgehead atoms. The predicted molar refractivity (Wildman–Crippen MR) is 144 cm³/mol. The highest BCUT2D eigenvalue weighted by Crippen LogP contribution is 2.47. The number of allylic oxidation sites excluding steroid dienone is 3. The first-order valence-electron chi connectivity index (χ1n) is 12.1. The Bertz CT molecular complexity index is 1580. The lowest BCUT2D eigenvalue weighted by Crippen LogP contribution is -2.38. The number of nitriles is 1. The van der Waals surface area contributed by atoms with Crippen molar-refractivity contribution in [2.24, 2.45) is 5.73 Å². The van der Waals surface area contributed by atoms with E-state index in [2.05, 4.69) is 26.6 Å². The number of hydrogen-bond acceptors (Lipinski definition) is 12. The molecular weight excluding hydrogens is 538 g/mol. The minimum atomic E-state index is -0.579. The van der Waals surface area contributed by atoms with E-state index in [-0.39, 0.29) is 35.6 Å². The number of nitrogens with zero attached hydrogens (tertiary/aromatic N) is 5. The zero-order valence-corrected chi connectivity index (χ0v) is 22.1. The molecule has 3 aliphatic rings. The van der Waals surface area contributed by atoms with Crippen molar-refractivity contribution < 1.29 is 19.1 Å². The van der Waals surface area contributed by atoms with Gasteiger partial charge in [0.25, 0.3) is 0 Å². The van der Waals surface area contributed by atoms with Crippen molar-refractivity contribution >= 4 is 45.6 Å². The van der Waals surface area contributed by atoms with Gasteiger partial charge in [-0.2, -0.15) is 5.26 Å². The number of fused-ring (bicyclic) bond motifs is 1. The maximum absolute atomic E-state index is 13.2. The minimum absolute atomic E-state index is 0.0188. The Kier molecular flexibility index (Phi) is 6.64. The molecule has 0 saturated heterocycles. The molecule has 6 rings (SSSR count). The number of anilines is 2. The van der Waals surface area contributed by atoms with Crippen LogP contribution in [-0.2, 0) is 9.59 Å². The van der Waals surface area contributed by atoms with Crippen LogP contribution in [0, 0.1) is 11.3 Å². The number of nitrogens with two attached hydrogens (primary N) is 1. The summed E-state index contributed by atoms with van der Waals surface area (Å²) < 4.78 is 11.2. The van der Waals surface area contributed by atoms with Crippen LogP contribution in [0.3, 0.4) is 0 Å². The van der Waals surface area contributed by atoms with E-state index in [1.54, 1.807) is 41.6 Å². The zero-order valence-electron chi connectivity index (χ0n) is 20.4. The van der Waals surface area contributed by atoms with Crippen LogP contribution in [0.15, 0.2) is 69.7 Å². The maximum atomic E-state index is 13.2. The van der Waals surface area contributed by atoms with E-state index in [9.17, 15) is 14.9 Å². The van der Waals surface area contributed by atoms with Gasteiger partial charge >= 0.3 is 0 Å². The van der Waals surface area contributed by atoms with Crippen LogP contribution in [0.25, 0.3) is 0 Å². The zero-order chi connectivity index (χ0) is 26.9. The number of rotatable bonds is 6. The van der Waals surface area contributed by atoms with Crippen LogP contribution in [0.4, 0.5) is 10.8 Å². The van der Waals surface area contributed by atoms with E-state index < -0.39 is 5.92 Å². The van der Waals surface area contributed by atoms with Gasteiger partial charge in [-0.15, -0.1) is 10.2 Å². The minimum Gasteiger partial charge on any atom is -0.454 e. The molecular formula is C26H21N7O4S2. The van der Waals surface area contributed by atoms with Gasteiger partial charge < -0.3 is 20.5 Å². The van der Waals surface area contributed by atoms with E-state index in [1.807, 2.05) is 6.07 Å². The van der Waals surface area contributed by atoms with E-state index >= 15 is 0 Å². The lowest BCUT2D eigenvalue weighted by Gasteiger charge is -2.37. The molecule has 1 aliphatic carbocycles. The van der Waals surface area contributed by atoms with E-state index in [0.29, 0.717) is 51.5 Å². The molecule has 0 saturated carbocycles. The maximum Gasteiger partial charge on any atom is 0.234 e. The number of ether oxygens (including phenoxy) is 2. The Morgan fingerprint density at radius 1 is 1.26 bits per heavy atom. The number of thioether (sulfide) groups is 1. The van der Waals surface area contributed by atoms with Gasteiger partial charge in [-0.25, -0.2) is 0 Å². The predicted octanol–water partition coefficient (Wildman–Crippen LogP) is 3.70. The quantitative estimate of drug-likeness (QED) is 0.425. The second-order valence-corrected chi connectivity index (χ2v) is 11.0. The standard InChI is InChI=1S/C26H21N7O4S2/c27-10-16-22(14-3-2-8-29-11-14)23-17(4-1-5-18(23)34)33(24(16)28)25-31-32-26(39-25)38-12-21(35)30-15-6-7-19-20(9-15)37-13-36-19/h2-3,6-9,11,22H,1,4-5,12-13,28H2,(H,30,35). The summed E-state index contributed by atoms with van der Waals surface area (Å²) in [4.78, 5) is 31.6. The van der Waals surface area contributed by atoms with Gasteiger partial charge in [0.05, 0.1) is 23.3 Å². The lowest BCUT2D eigenvalue weighted by atomic mass is 9.76. The molecule has 0 spiro atoms. The van der Waals surface area contributed by atoms with Crippen LogP contribution in [0.5, 0.6) is 11.5 Å². The Morgan fingerprint density at radius 2 is 2.13 bits per heavy atom. The molecule has 4 heterocycles. The lowest BCUT2D eigenvalue weighted by molar-refractivity contribution is -0.116. The average molecular weight is 560 g/mol. The highest BCUT2D eigenvalue weighted by atomic mass is 32.2. The Labute approximate surface area is 231 Å². The first kappa shape index (κ1) is 24.9. The smallest absolute Gasteiger partial charge is 0.234 e. The highest BCUT2D eigenvalue weighted by molar-refractivity contribution is 8.01. The second kappa shape index (κ2) is 10.4. The summed E-state index contributed by atoms with van der Waals surface area (Å²) in [5.41, 5.74) is 9.45. The van der Waals surface area contributed by atoms with Crippen LogP contribution < -0.4 is 25.4 Å². The Balaban J connectivity index is 1.23. The molecule has 3 N–H and O–H groups in total. The number of hydrogen-bond donors (Lipinski definition) is 2. The number of nitrogens with one attached hydrogen (secondary N) is 1. The van der Waals surface area contributed by atoms with Crippen molar-refractivity contribution in [1.29, 1.82) is 5.26 Å². The van der Waals surface area contributed by atoms with Gasteiger partial charge in [0.1, 0.15) is 5.82 Å². The van der Waals surface area contributed by atoms with Crippen molar-refractivity contribution in [3.63, 3.8) is 0 Å². The SMILES string of the molecule is N#CC1=C(N)N(c2nnc(SCC(=O)Nc3ccc4c(c3)OCO4)s2)C2=C(C(=O)CCC2)C1c1cccnc1. The van der Waals surface area contributed by atoms with E-state index in [1.165, 1.54) is 23.1 Å². The Hall–Kier alpha value is -4.41. The molecule has 196 valence electrons. The molecule has 11 nitrogen and oxygen atoms in total. The molecule has 1 atom stereocenters. The monoisotopic (exact) mass is 559 g/mol. The fraction of sp³-hybridized carbons (Fsp3) is 0.231. The number of benzene rings is 1. The molecule has 2 aromatic heterocycles. The highest BCUT2D eigenvalue weighted by Gasteiger charge is 2.41. The average Bonchev–Trinajstić information content (AvgIpc) is 3.61. The molecule has 39 heavy (non-hydrogen) atoms. The first-order chi connectivity index (χ1) is 19.0. The normalized spacial score (nSPS) is 18.2. The van der Waals surface area contributed by atoms with Crippen molar-refractivity contribution in [3.8, 4) is 17.6 Å². The summed E-state index contributed by atoms with van der Waals surface area (Å²) in [6.45, 7) is 0.158. The van der Waals surface area contributed by atoms with Crippen LogP contribution in [0.1, 0.15) is 30.7 Å². The molecule has 1 aromatic carbocycles. The first-order valence-corrected chi connectivity index (χ1v) is 13.9. The molecule has 1 amide bonds. The summed E-state index contributed by atoms with van der Waals surface area (Å²) in [5.74, 6) is 0.722. The number of carbonyl (C=O) groups excluding carboxylic acids is 2. The van der Waals surface area contributed by atoms with Gasteiger partial charge in [-0.05, 0) is 36.6 Å². The fourth-order valence-electron chi connectivity index (χ4n) is 4.83. The molecule has 0 radical (unpaired) electrons. The molecule has 1 unspecified atom stereocenters. The van der Waals surface area contributed by atoms with Crippen molar-refractivity contribution in [2.45, 2.75) is 29.5 Å². The number of ketones is 1. The summed E-state index contributed by atoms with van der Waals surface area (Å²) in [5, 5.41) is 21.9. The number of Topliss-reactive ketones (excluding diaryl/α,β-unsaturated/α-hetero) is 1. The van der Waals surface area contributed by atoms with E-state index in [0.717, 1.165) is 11.3 Å². The number of aromatic nitrogens is 3. The number of amides is 1. The third kappa shape index (κ3) is 4.68. The number of pyridine rings is 1. The summed E-state index contributed by atoms with van der Waals surface area (Å²) in [6.07, 6.45) is 4.98. The third-order valence-electron chi connectivity index (χ3n) is 6.50. The van der Waals surface area contributed by atoms with Crippen molar-refractivity contribution in [2.75, 3.05) is 22.8 Å². The summed E-state index contributed by atoms with van der Waals surface area (Å²) in [7, 11) is 0. The van der Waals surface area contributed by atoms with Crippen molar-refractivity contribution in [1.82, 2.24) is 15.2 Å². The van der Waals surface area contributed by atoms with Gasteiger partial charge in [-0.3, -0.25) is 19.5 Å². The molecule has 0 fully saturated rings.